The van der Waals surface area contributed by atoms with Crippen LogP contribution in [0.15, 0.2) is 22.7 Å². The molecule has 1 heterocycles. The van der Waals surface area contributed by atoms with E-state index >= 15 is 0 Å². The maximum absolute atomic E-state index is 6.08. The van der Waals surface area contributed by atoms with Gasteiger partial charge in [-0.15, -0.1) is 0 Å². The highest BCUT2D eigenvalue weighted by Crippen LogP contribution is 2.50. The SMILES string of the molecule is CCC(C)C1OC12CCc1ccc(Br)cc1C2. The zero-order valence-electron chi connectivity index (χ0n) is 10.5. The van der Waals surface area contributed by atoms with Crippen molar-refractivity contribution in [2.75, 3.05) is 0 Å². The summed E-state index contributed by atoms with van der Waals surface area (Å²) < 4.78 is 7.27. The van der Waals surface area contributed by atoms with Crippen LogP contribution in [0.3, 0.4) is 0 Å². The monoisotopic (exact) mass is 294 g/mol. The average Bonchev–Trinajstić information content (AvgIpc) is 3.01. The molecule has 0 saturated carbocycles. The van der Waals surface area contributed by atoms with Crippen LogP contribution in [0.4, 0.5) is 0 Å². The molecule has 0 N–H and O–H groups in total. The highest BCUT2D eigenvalue weighted by molar-refractivity contribution is 9.10. The van der Waals surface area contributed by atoms with Crippen LogP contribution in [0.25, 0.3) is 0 Å². The van der Waals surface area contributed by atoms with Crippen LogP contribution >= 0.6 is 15.9 Å². The van der Waals surface area contributed by atoms with Crippen LogP contribution in [-0.4, -0.2) is 11.7 Å². The number of epoxide rings is 1. The van der Waals surface area contributed by atoms with E-state index in [9.17, 15) is 0 Å². The highest BCUT2D eigenvalue weighted by Gasteiger charge is 2.58. The molecular weight excluding hydrogens is 276 g/mol. The molecule has 0 radical (unpaired) electrons. The van der Waals surface area contributed by atoms with Crippen molar-refractivity contribution >= 4 is 15.9 Å². The van der Waals surface area contributed by atoms with Crippen molar-refractivity contribution in [2.45, 2.75) is 51.2 Å². The third-order valence-corrected chi connectivity index (χ3v) is 4.95. The summed E-state index contributed by atoms with van der Waals surface area (Å²) >= 11 is 3.57. The van der Waals surface area contributed by atoms with Crippen LogP contribution in [-0.2, 0) is 17.6 Å². The fourth-order valence-electron chi connectivity index (χ4n) is 3.17. The van der Waals surface area contributed by atoms with Gasteiger partial charge in [-0.1, -0.05) is 42.3 Å². The third kappa shape index (κ3) is 1.96. The molecule has 1 aliphatic carbocycles. The zero-order chi connectivity index (χ0) is 12.0. The number of hydrogen-bond acceptors (Lipinski definition) is 1. The van der Waals surface area contributed by atoms with Gasteiger partial charge in [-0.3, -0.25) is 0 Å². The number of rotatable bonds is 2. The molecule has 1 aliphatic heterocycles. The number of halogens is 1. The average molecular weight is 295 g/mol. The van der Waals surface area contributed by atoms with Gasteiger partial charge >= 0.3 is 0 Å². The lowest BCUT2D eigenvalue weighted by Crippen LogP contribution is -2.27. The fraction of sp³-hybridized carbons (Fsp3) is 0.600. The lowest BCUT2D eigenvalue weighted by molar-refractivity contribution is 0.259. The normalized spacial score (nSPS) is 32.3. The standard InChI is InChI=1S/C15H19BrO/c1-3-10(2)14-15(17-14)7-6-11-4-5-13(16)8-12(11)9-15/h4-5,8,10,14H,3,6-7,9H2,1-2H3. The van der Waals surface area contributed by atoms with Gasteiger partial charge in [0, 0.05) is 10.9 Å². The Labute approximate surface area is 112 Å². The van der Waals surface area contributed by atoms with E-state index in [2.05, 4.69) is 48.0 Å². The number of ether oxygens (including phenoxy) is 1. The fourth-order valence-corrected chi connectivity index (χ4v) is 3.58. The molecule has 1 aromatic rings. The molecule has 1 saturated heterocycles. The Bertz CT molecular complexity index is 443. The van der Waals surface area contributed by atoms with E-state index in [4.69, 9.17) is 4.74 Å². The predicted molar refractivity (Wildman–Crippen MR) is 73.2 cm³/mol. The number of aryl methyl sites for hydroxylation is 1. The second-order valence-electron chi connectivity index (χ2n) is 5.58. The zero-order valence-corrected chi connectivity index (χ0v) is 12.1. The van der Waals surface area contributed by atoms with E-state index < -0.39 is 0 Å². The van der Waals surface area contributed by atoms with Gasteiger partial charge in [-0.25, -0.2) is 0 Å². The first-order valence-electron chi connectivity index (χ1n) is 6.60. The summed E-state index contributed by atoms with van der Waals surface area (Å²) in [5.74, 6) is 0.698. The Balaban J connectivity index is 1.82. The van der Waals surface area contributed by atoms with Crippen molar-refractivity contribution in [2.24, 2.45) is 5.92 Å². The highest BCUT2D eigenvalue weighted by atomic mass is 79.9. The van der Waals surface area contributed by atoms with Gasteiger partial charge in [0.05, 0.1) is 11.7 Å². The summed E-state index contributed by atoms with van der Waals surface area (Å²) in [6.45, 7) is 4.57. The van der Waals surface area contributed by atoms with E-state index in [1.165, 1.54) is 34.9 Å². The van der Waals surface area contributed by atoms with Crippen molar-refractivity contribution in [1.82, 2.24) is 0 Å². The molecule has 0 amide bonds. The molecule has 3 unspecified atom stereocenters. The molecule has 0 bridgehead atoms. The van der Waals surface area contributed by atoms with Crippen molar-refractivity contribution in [3.63, 3.8) is 0 Å². The molecule has 92 valence electrons. The summed E-state index contributed by atoms with van der Waals surface area (Å²) in [5, 5.41) is 0. The van der Waals surface area contributed by atoms with Gasteiger partial charge in [0.1, 0.15) is 0 Å². The Morgan fingerprint density at radius 2 is 2.29 bits per heavy atom. The minimum absolute atomic E-state index is 0.184. The van der Waals surface area contributed by atoms with Crippen molar-refractivity contribution in [3.8, 4) is 0 Å². The molecular formula is C15H19BrO. The molecule has 3 rings (SSSR count). The molecule has 17 heavy (non-hydrogen) atoms. The largest absolute Gasteiger partial charge is 0.365 e. The molecule has 0 aromatic heterocycles. The van der Waals surface area contributed by atoms with Crippen molar-refractivity contribution in [3.05, 3.63) is 33.8 Å². The van der Waals surface area contributed by atoms with Gasteiger partial charge in [-0.05, 0) is 42.0 Å². The van der Waals surface area contributed by atoms with Gasteiger partial charge in [0.15, 0.2) is 0 Å². The van der Waals surface area contributed by atoms with Gasteiger partial charge < -0.3 is 4.74 Å². The topological polar surface area (TPSA) is 12.5 Å². The minimum atomic E-state index is 0.184. The van der Waals surface area contributed by atoms with Crippen LogP contribution in [0.5, 0.6) is 0 Å². The third-order valence-electron chi connectivity index (χ3n) is 4.46. The van der Waals surface area contributed by atoms with Crippen molar-refractivity contribution < 1.29 is 4.74 Å². The van der Waals surface area contributed by atoms with Crippen LogP contribution in [0, 0.1) is 5.92 Å². The summed E-state index contributed by atoms with van der Waals surface area (Å²) in [5.41, 5.74) is 3.18. The van der Waals surface area contributed by atoms with E-state index in [1.807, 2.05) is 0 Å². The predicted octanol–water partition coefficient (Wildman–Crippen LogP) is 4.12. The Morgan fingerprint density at radius 1 is 1.47 bits per heavy atom. The van der Waals surface area contributed by atoms with Crippen LogP contribution < -0.4 is 0 Å². The summed E-state index contributed by atoms with van der Waals surface area (Å²) in [6, 6.07) is 6.68. The van der Waals surface area contributed by atoms with Crippen molar-refractivity contribution in [1.29, 1.82) is 0 Å². The lowest BCUT2D eigenvalue weighted by atomic mass is 9.79. The van der Waals surface area contributed by atoms with E-state index in [1.54, 1.807) is 0 Å². The van der Waals surface area contributed by atoms with E-state index in [0.29, 0.717) is 12.0 Å². The summed E-state index contributed by atoms with van der Waals surface area (Å²) in [4.78, 5) is 0. The molecule has 3 atom stereocenters. The maximum Gasteiger partial charge on any atom is 0.0994 e. The molecule has 1 nitrogen and oxygen atoms in total. The van der Waals surface area contributed by atoms with Crippen LogP contribution in [0.2, 0.25) is 0 Å². The number of benzene rings is 1. The van der Waals surface area contributed by atoms with Crippen LogP contribution in [0.1, 0.15) is 37.8 Å². The smallest absolute Gasteiger partial charge is 0.0994 e. The second kappa shape index (κ2) is 4.10. The quantitative estimate of drug-likeness (QED) is 0.748. The first-order valence-corrected chi connectivity index (χ1v) is 7.39. The first kappa shape index (κ1) is 11.7. The van der Waals surface area contributed by atoms with E-state index in [-0.39, 0.29) is 5.60 Å². The van der Waals surface area contributed by atoms with E-state index in [0.717, 1.165) is 6.42 Å². The second-order valence-corrected chi connectivity index (χ2v) is 6.49. The maximum atomic E-state index is 6.08. The molecule has 2 aliphatic rings. The number of fused-ring (bicyclic) bond motifs is 1. The Kier molecular flexibility index (Phi) is 2.83. The molecule has 1 spiro atoms. The molecule has 1 aromatic carbocycles. The minimum Gasteiger partial charge on any atom is -0.365 e. The van der Waals surface area contributed by atoms with Gasteiger partial charge in [0.25, 0.3) is 0 Å². The number of hydrogen-bond donors (Lipinski definition) is 0. The lowest BCUT2D eigenvalue weighted by Gasteiger charge is -2.23. The summed E-state index contributed by atoms with van der Waals surface area (Å²) in [7, 11) is 0. The first-order chi connectivity index (χ1) is 8.14. The Hall–Kier alpha value is -0.340. The molecule has 1 fully saturated rings. The molecule has 2 heteroatoms. The van der Waals surface area contributed by atoms with Gasteiger partial charge in [-0.2, -0.15) is 0 Å². The Morgan fingerprint density at radius 3 is 3.06 bits per heavy atom. The summed E-state index contributed by atoms with van der Waals surface area (Å²) in [6.07, 6.45) is 5.21. The van der Waals surface area contributed by atoms with Gasteiger partial charge in [0.2, 0.25) is 0 Å².